The molecule has 0 unspecified atom stereocenters. The van der Waals surface area contributed by atoms with Crippen LogP contribution in [0.2, 0.25) is 0 Å². The summed E-state index contributed by atoms with van der Waals surface area (Å²) in [7, 11) is 0. The van der Waals surface area contributed by atoms with Crippen LogP contribution in [0.1, 0.15) is 53.9 Å². The van der Waals surface area contributed by atoms with Crippen LogP contribution < -0.4 is 0 Å². The molecule has 0 N–H and O–H groups in total. The average molecular weight is 328 g/mol. The second kappa shape index (κ2) is 8.64. The third-order valence-electron chi connectivity index (χ3n) is 4.82. The number of allylic oxidation sites excluding steroid dienone is 9. The summed E-state index contributed by atoms with van der Waals surface area (Å²) < 4.78 is 10.8. The Labute approximate surface area is 147 Å². The molecule has 1 heterocycles. The summed E-state index contributed by atoms with van der Waals surface area (Å²) in [6.07, 6.45) is 16.6. The molecule has 0 bridgehead atoms. The van der Waals surface area contributed by atoms with E-state index in [-0.39, 0.29) is 6.29 Å². The quantitative estimate of drug-likeness (QED) is 0.586. The van der Waals surface area contributed by atoms with Gasteiger partial charge in [-0.2, -0.15) is 0 Å². The van der Waals surface area contributed by atoms with Gasteiger partial charge in [0.15, 0.2) is 6.29 Å². The number of ether oxygens (including phenoxy) is 2. The van der Waals surface area contributed by atoms with Gasteiger partial charge in [0.25, 0.3) is 0 Å². The standard InChI is InChI=1S/C22H32O2/c1-17(8-6-9-18(2)16-21-23-14-15-24-21)11-12-20-19(3)10-7-13-22(20,4)5/h6,8-9,11-12,16,21H,7,10,13-15H2,1-5H3/b9-6+,12-11+,17-8+,18-16+. The Morgan fingerprint density at radius 1 is 1.08 bits per heavy atom. The molecule has 1 aliphatic carbocycles. The molecule has 0 radical (unpaired) electrons. The van der Waals surface area contributed by atoms with E-state index in [1.54, 1.807) is 5.57 Å². The Kier molecular flexibility index (Phi) is 6.82. The lowest BCUT2D eigenvalue weighted by Gasteiger charge is -2.32. The van der Waals surface area contributed by atoms with Gasteiger partial charge in [-0.15, -0.1) is 0 Å². The topological polar surface area (TPSA) is 18.5 Å². The highest BCUT2D eigenvalue weighted by Gasteiger charge is 2.26. The summed E-state index contributed by atoms with van der Waals surface area (Å²) in [6.45, 7) is 12.6. The van der Waals surface area contributed by atoms with E-state index in [0.717, 1.165) is 5.57 Å². The molecule has 2 rings (SSSR count). The van der Waals surface area contributed by atoms with E-state index in [1.807, 2.05) is 6.08 Å². The lowest BCUT2D eigenvalue weighted by atomic mass is 9.72. The summed E-state index contributed by atoms with van der Waals surface area (Å²) in [4.78, 5) is 0. The van der Waals surface area contributed by atoms with Gasteiger partial charge < -0.3 is 9.47 Å². The van der Waals surface area contributed by atoms with Crippen LogP contribution in [0.3, 0.4) is 0 Å². The third-order valence-corrected chi connectivity index (χ3v) is 4.82. The maximum atomic E-state index is 5.42. The van der Waals surface area contributed by atoms with Gasteiger partial charge in [-0.3, -0.25) is 0 Å². The smallest absolute Gasteiger partial charge is 0.177 e. The molecule has 2 nitrogen and oxygen atoms in total. The molecule has 0 spiro atoms. The number of rotatable bonds is 5. The van der Waals surface area contributed by atoms with E-state index in [9.17, 15) is 0 Å². The van der Waals surface area contributed by atoms with Gasteiger partial charge in [0.05, 0.1) is 13.2 Å². The van der Waals surface area contributed by atoms with Crippen LogP contribution in [0.15, 0.2) is 58.7 Å². The van der Waals surface area contributed by atoms with Crippen molar-refractivity contribution in [3.8, 4) is 0 Å². The Morgan fingerprint density at radius 2 is 1.79 bits per heavy atom. The predicted octanol–water partition coefficient (Wildman–Crippen LogP) is 5.89. The van der Waals surface area contributed by atoms with E-state index in [2.05, 4.69) is 65.0 Å². The van der Waals surface area contributed by atoms with Crippen molar-refractivity contribution >= 4 is 0 Å². The molecule has 2 aliphatic rings. The van der Waals surface area contributed by atoms with Crippen molar-refractivity contribution in [3.05, 3.63) is 58.7 Å². The molecule has 2 heteroatoms. The minimum atomic E-state index is -0.178. The first-order valence-electron chi connectivity index (χ1n) is 9.03. The first-order valence-corrected chi connectivity index (χ1v) is 9.03. The lowest BCUT2D eigenvalue weighted by molar-refractivity contribution is -0.00197. The zero-order chi connectivity index (χ0) is 17.6. The van der Waals surface area contributed by atoms with E-state index in [4.69, 9.17) is 9.47 Å². The van der Waals surface area contributed by atoms with E-state index in [0.29, 0.717) is 18.6 Å². The van der Waals surface area contributed by atoms with Crippen LogP contribution in [-0.4, -0.2) is 19.5 Å². The highest BCUT2D eigenvalue weighted by Crippen LogP contribution is 2.40. The number of hydrogen-bond donors (Lipinski definition) is 0. The molecule has 0 saturated carbocycles. The maximum Gasteiger partial charge on any atom is 0.177 e. The second-order valence-corrected chi connectivity index (χ2v) is 7.56. The fourth-order valence-electron chi connectivity index (χ4n) is 3.38. The van der Waals surface area contributed by atoms with Crippen molar-refractivity contribution in [1.29, 1.82) is 0 Å². The summed E-state index contributed by atoms with van der Waals surface area (Å²) in [5.41, 5.74) is 5.77. The normalized spacial score (nSPS) is 23.9. The minimum absolute atomic E-state index is 0.178. The van der Waals surface area contributed by atoms with E-state index < -0.39 is 0 Å². The molecule has 0 aromatic rings. The molecule has 1 fully saturated rings. The van der Waals surface area contributed by atoms with Gasteiger partial charge in [0.2, 0.25) is 0 Å². The maximum absolute atomic E-state index is 5.42. The molecule has 0 amide bonds. The third kappa shape index (κ3) is 5.61. The zero-order valence-corrected chi connectivity index (χ0v) is 15.9. The summed E-state index contributed by atoms with van der Waals surface area (Å²) in [5, 5.41) is 0. The highest BCUT2D eigenvalue weighted by molar-refractivity contribution is 5.37. The molecule has 0 aromatic carbocycles. The van der Waals surface area contributed by atoms with Crippen LogP contribution >= 0.6 is 0 Å². The van der Waals surface area contributed by atoms with Gasteiger partial charge in [-0.25, -0.2) is 0 Å². The fraction of sp³-hybridized carbons (Fsp3) is 0.545. The van der Waals surface area contributed by atoms with Crippen LogP contribution in [0.4, 0.5) is 0 Å². The Morgan fingerprint density at radius 3 is 2.46 bits per heavy atom. The predicted molar refractivity (Wildman–Crippen MR) is 102 cm³/mol. The highest BCUT2D eigenvalue weighted by atomic mass is 16.7. The molecular weight excluding hydrogens is 296 g/mol. The first-order chi connectivity index (χ1) is 11.4. The minimum Gasteiger partial charge on any atom is -0.347 e. The Hall–Kier alpha value is -1.38. The van der Waals surface area contributed by atoms with E-state index >= 15 is 0 Å². The van der Waals surface area contributed by atoms with Crippen molar-refractivity contribution in [2.75, 3.05) is 13.2 Å². The van der Waals surface area contributed by atoms with Crippen molar-refractivity contribution in [3.63, 3.8) is 0 Å². The molecule has 0 atom stereocenters. The first kappa shape index (κ1) is 19.0. The fourth-order valence-corrected chi connectivity index (χ4v) is 3.38. The summed E-state index contributed by atoms with van der Waals surface area (Å²) in [6, 6.07) is 0. The SMILES string of the molecule is CC1=C(/C=C/C(C)=C/C=C/C(C)=C/C2OCCO2)C(C)(C)CCC1. The van der Waals surface area contributed by atoms with Crippen molar-refractivity contribution in [1.82, 2.24) is 0 Å². The van der Waals surface area contributed by atoms with Crippen LogP contribution in [0.5, 0.6) is 0 Å². The van der Waals surface area contributed by atoms with Crippen molar-refractivity contribution in [2.24, 2.45) is 5.41 Å². The molecule has 24 heavy (non-hydrogen) atoms. The van der Waals surface area contributed by atoms with Gasteiger partial charge in [-0.05, 0) is 57.1 Å². The summed E-state index contributed by atoms with van der Waals surface area (Å²) in [5.74, 6) is 0. The molecule has 1 aliphatic heterocycles. The average Bonchev–Trinajstić information content (AvgIpc) is 2.98. The second-order valence-electron chi connectivity index (χ2n) is 7.56. The van der Waals surface area contributed by atoms with Crippen LogP contribution in [-0.2, 0) is 9.47 Å². The zero-order valence-electron chi connectivity index (χ0n) is 15.9. The number of hydrogen-bond acceptors (Lipinski definition) is 2. The summed E-state index contributed by atoms with van der Waals surface area (Å²) >= 11 is 0. The van der Waals surface area contributed by atoms with Gasteiger partial charge in [-0.1, -0.05) is 60.9 Å². The van der Waals surface area contributed by atoms with Gasteiger partial charge in [0.1, 0.15) is 0 Å². The lowest BCUT2D eigenvalue weighted by Crippen LogP contribution is -2.19. The van der Waals surface area contributed by atoms with Crippen molar-refractivity contribution in [2.45, 2.75) is 60.2 Å². The Balaban J connectivity index is 1.97. The van der Waals surface area contributed by atoms with Crippen LogP contribution in [0.25, 0.3) is 0 Å². The molecule has 0 aromatic heterocycles. The monoisotopic (exact) mass is 328 g/mol. The Bertz CT molecular complexity index is 579. The van der Waals surface area contributed by atoms with Gasteiger partial charge in [0, 0.05) is 0 Å². The molecular formula is C22H32O2. The van der Waals surface area contributed by atoms with E-state index in [1.165, 1.54) is 30.4 Å². The molecule has 132 valence electrons. The van der Waals surface area contributed by atoms with Crippen LogP contribution in [0, 0.1) is 5.41 Å². The molecule has 1 saturated heterocycles. The van der Waals surface area contributed by atoms with Crippen molar-refractivity contribution < 1.29 is 9.47 Å². The van der Waals surface area contributed by atoms with Gasteiger partial charge >= 0.3 is 0 Å². The largest absolute Gasteiger partial charge is 0.347 e.